The molecule has 1 aromatic rings. The number of rotatable bonds is 3. The van der Waals surface area contributed by atoms with E-state index in [-0.39, 0.29) is 16.8 Å². The van der Waals surface area contributed by atoms with Gasteiger partial charge in [0.15, 0.2) is 5.76 Å². The van der Waals surface area contributed by atoms with E-state index in [1.807, 2.05) is 0 Å². The molecule has 1 rings (SSSR count). The molecule has 0 spiro atoms. The summed E-state index contributed by atoms with van der Waals surface area (Å²) < 4.78 is 0. The van der Waals surface area contributed by atoms with Crippen molar-refractivity contribution >= 4 is 21.7 Å². The summed E-state index contributed by atoms with van der Waals surface area (Å²) in [5.74, 6) is -0.299. The second-order valence-electron chi connectivity index (χ2n) is 2.55. The Morgan fingerprint density at radius 2 is 2.00 bits per heavy atom. The van der Waals surface area contributed by atoms with Gasteiger partial charge in [0.2, 0.25) is 0 Å². The Morgan fingerprint density at radius 3 is 2.43 bits per heavy atom. The summed E-state index contributed by atoms with van der Waals surface area (Å²) in [7, 11) is 0. The lowest BCUT2D eigenvalue weighted by Crippen LogP contribution is -2.03. The summed E-state index contributed by atoms with van der Waals surface area (Å²) in [5.41, 5.74) is 0.204. The van der Waals surface area contributed by atoms with Crippen molar-refractivity contribution in [3.63, 3.8) is 0 Å². The molecule has 5 heteroatoms. The molecule has 0 unspecified atom stereocenters. The molecule has 0 saturated carbocycles. The van der Waals surface area contributed by atoms with E-state index in [9.17, 15) is 15.2 Å². The molecule has 14 heavy (non-hydrogen) atoms. The van der Waals surface area contributed by atoms with Gasteiger partial charge in [0.05, 0.1) is 10.3 Å². The Balaban J connectivity index is 3.15. The van der Waals surface area contributed by atoms with Crippen LogP contribution in [0.2, 0.25) is 0 Å². The number of aliphatic hydroxyl groups excluding tert-OH is 1. The quantitative estimate of drug-likeness (QED) is 0.392. The summed E-state index contributed by atoms with van der Waals surface area (Å²) in [6.07, 6.45) is 0. The predicted molar refractivity (Wildman–Crippen MR) is 56.8 cm³/mol. The van der Waals surface area contributed by atoms with Gasteiger partial charge in [0, 0.05) is 5.56 Å². The van der Waals surface area contributed by atoms with Crippen LogP contribution >= 0.6 is 15.9 Å². The number of benzene rings is 1. The van der Waals surface area contributed by atoms with E-state index in [1.165, 1.54) is 0 Å². The third-order valence-corrected chi connectivity index (χ3v) is 2.20. The molecular formula is C9H8BrNO3. The highest BCUT2D eigenvalue weighted by Crippen LogP contribution is 2.17. The highest BCUT2D eigenvalue weighted by atomic mass is 79.9. The number of hydrogen-bond acceptors (Lipinski definition) is 3. The smallest absolute Gasteiger partial charge is 0.298 e. The minimum Gasteiger partial charge on any atom is -0.502 e. The molecule has 0 aliphatic carbocycles. The van der Waals surface area contributed by atoms with E-state index in [1.54, 1.807) is 30.3 Å². The van der Waals surface area contributed by atoms with Crippen LogP contribution in [-0.4, -0.2) is 15.4 Å². The maximum atomic E-state index is 10.5. The standard InChI is InChI=1S/C9H8BrNO3/c10-6-8(11(13)14)9(12)7-4-2-1-3-5-7/h1-5,12H,6H2/b9-8-. The van der Waals surface area contributed by atoms with Crippen molar-refractivity contribution in [2.24, 2.45) is 0 Å². The Morgan fingerprint density at radius 1 is 1.43 bits per heavy atom. The largest absolute Gasteiger partial charge is 0.502 e. The van der Waals surface area contributed by atoms with Crippen LogP contribution in [0.3, 0.4) is 0 Å². The number of nitrogens with zero attached hydrogens (tertiary/aromatic N) is 1. The lowest BCUT2D eigenvalue weighted by Gasteiger charge is -2.00. The SMILES string of the molecule is O=[N+]([O-])/C(CBr)=C(\O)c1ccccc1. The van der Waals surface area contributed by atoms with Crippen LogP contribution in [-0.2, 0) is 0 Å². The minimum atomic E-state index is -0.600. The number of hydrogen-bond donors (Lipinski definition) is 1. The lowest BCUT2D eigenvalue weighted by molar-refractivity contribution is -0.423. The molecule has 4 nitrogen and oxygen atoms in total. The van der Waals surface area contributed by atoms with Crippen LogP contribution in [0.15, 0.2) is 36.0 Å². The number of allylic oxidation sites excluding steroid dienone is 1. The van der Waals surface area contributed by atoms with Crippen molar-refractivity contribution in [3.05, 3.63) is 51.7 Å². The first-order chi connectivity index (χ1) is 6.66. The number of halogens is 1. The molecule has 1 N–H and O–H groups in total. The molecule has 0 fully saturated rings. The average molecular weight is 258 g/mol. The van der Waals surface area contributed by atoms with E-state index < -0.39 is 4.92 Å². The molecule has 1 aromatic carbocycles. The zero-order valence-electron chi connectivity index (χ0n) is 7.18. The van der Waals surface area contributed by atoms with Crippen LogP contribution in [0.5, 0.6) is 0 Å². The molecule has 0 aromatic heterocycles. The molecule has 0 saturated heterocycles. The predicted octanol–water partition coefficient (Wildman–Crippen LogP) is 2.58. The Kier molecular flexibility index (Phi) is 3.64. The number of nitro groups is 1. The third kappa shape index (κ3) is 2.32. The van der Waals surface area contributed by atoms with E-state index in [4.69, 9.17) is 0 Å². The zero-order chi connectivity index (χ0) is 10.6. The van der Waals surface area contributed by atoms with E-state index in [0.717, 1.165) is 0 Å². The fourth-order valence-corrected chi connectivity index (χ4v) is 1.43. The molecule has 74 valence electrons. The molecule has 0 aliphatic heterocycles. The normalized spacial score (nSPS) is 12.1. The summed E-state index contributed by atoms with van der Waals surface area (Å²) in [6.45, 7) is 0. The Labute approximate surface area is 89.2 Å². The molecule has 0 radical (unpaired) electrons. The Bertz CT molecular complexity index is 362. The summed E-state index contributed by atoms with van der Waals surface area (Å²) in [5, 5.41) is 20.1. The van der Waals surface area contributed by atoms with E-state index in [2.05, 4.69) is 15.9 Å². The molecule has 0 bridgehead atoms. The maximum Gasteiger partial charge on any atom is 0.298 e. The topological polar surface area (TPSA) is 63.4 Å². The van der Waals surface area contributed by atoms with Gasteiger partial charge in [0.1, 0.15) is 0 Å². The highest BCUT2D eigenvalue weighted by molar-refractivity contribution is 9.09. The second-order valence-corrected chi connectivity index (χ2v) is 3.11. The van der Waals surface area contributed by atoms with Gasteiger partial charge in [-0.2, -0.15) is 0 Å². The summed E-state index contributed by atoms with van der Waals surface area (Å²) in [6, 6.07) is 8.41. The average Bonchev–Trinajstić information content (AvgIpc) is 2.19. The van der Waals surface area contributed by atoms with Crippen LogP contribution in [0.25, 0.3) is 5.76 Å². The number of alkyl halides is 1. The van der Waals surface area contributed by atoms with Crippen LogP contribution in [0.4, 0.5) is 0 Å². The van der Waals surface area contributed by atoms with Gasteiger partial charge in [-0.15, -0.1) is 0 Å². The molecule has 0 aliphatic rings. The van der Waals surface area contributed by atoms with Gasteiger partial charge in [-0.25, -0.2) is 0 Å². The second kappa shape index (κ2) is 4.76. The van der Waals surface area contributed by atoms with Crippen molar-refractivity contribution in [1.29, 1.82) is 0 Å². The van der Waals surface area contributed by atoms with E-state index >= 15 is 0 Å². The van der Waals surface area contributed by atoms with Crippen molar-refractivity contribution in [2.45, 2.75) is 0 Å². The molecular weight excluding hydrogens is 250 g/mol. The highest BCUT2D eigenvalue weighted by Gasteiger charge is 2.17. The van der Waals surface area contributed by atoms with Crippen molar-refractivity contribution in [1.82, 2.24) is 0 Å². The van der Waals surface area contributed by atoms with Gasteiger partial charge < -0.3 is 5.11 Å². The monoisotopic (exact) mass is 257 g/mol. The van der Waals surface area contributed by atoms with Crippen molar-refractivity contribution in [3.8, 4) is 0 Å². The first-order valence-electron chi connectivity index (χ1n) is 3.84. The first-order valence-corrected chi connectivity index (χ1v) is 4.97. The first kappa shape index (κ1) is 10.7. The third-order valence-electron chi connectivity index (χ3n) is 1.67. The molecule has 0 amide bonds. The fourth-order valence-electron chi connectivity index (χ4n) is 0.961. The number of aliphatic hydroxyl groups is 1. The van der Waals surface area contributed by atoms with Crippen molar-refractivity contribution < 1.29 is 10.0 Å². The van der Waals surface area contributed by atoms with Gasteiger partial charge in [-0.3, -0.25) is 10.1 Å². The maximum absolute atomic E-state index is 10.5. The van der Waals surface area contributed by atoms with Gasteiger partial charge >= 0.3 is 0 Å². The zero-order valence-corrected chi connectivity index (χ0v) is 8.77. The van der Waals surface area contributed by atoms with Crippen molar-refractivity contribution in [2.75, 3.05) is 5.33 Å². The van der Waals surface area contributed by atoms with Gasteiger partial charge in [0.25, 0.3) is 5.70 Å². The molecule has 0 atom stereocenters. The fraction of sp³-hybridized carbons (Fsp3) is 0.111. The summed E-state index contributed by atoms with van der Waals surface area (Å²) >= 11 is 2.95. The van der Waals surface area contributed by atoms with Crippen LogP contribution in [0.1, 0.15) is 5.56 Å². The minimum absolute atomic E-state index is 0.0146. The lowest BCUT2D eigenvalue weighted by atomic mass is 10.1. The van der Waals surface area contributed by atoms with Crippen LogP contribution < -0.4 is 0 Å². The van der Waals surface area contributed by atoms with Gasteiger partial charge in [-0.1, -0.05) is 46.3 Å². The van der Waals surface area contributed by atoms with Crippen LogP contribution in [0, 0.1) is 10.1 Å². The molecule has 0 heterocycles. The van der Waals surface area contributed by atoms with Gasteiger partial charge in [-0.05, 0) is 0 Å². The summed E-state index contributed by atoms with van der Waals surface area (Å²) in [4.78, 5) is 9.90. The van der Waals surface area contributed by atoms with E-state index in [0.29, 0.717) is 5.56 Å². The Hall–Kier alpha value is -1.36.